The van der Waals surface area contributed by atoms with E-state index in [9.17, 15) is 4.79 Å². The van der Waals surface area contributed by atoms with E-state index in [1.807, 2.05) is 13.0 Å². The minimum absolute atomic E-state index is 0.112. The van der Waals surface area contributed by atoms with Crippen LogP contribution in [0.1, 0.15) is 125 Å². The zero-order chi connectivity index (χ0) is 29.5. The van der Waals surface area contributed by atoms with Crippen LogP contribution in [0.4, 0.5) is 0 Å². The number of esters is 1. The van der Waals surface area contributed by atoms with Crippen molar-refractivity contribution in [2.45, 2.75) is 125 Å². The van der Waals surface area contributed by atoms with Crippen LogP contribution in [0.5, 0.6) is 0 Å². The van der Waals surface area contributed by atoms with Gasteiger partial charge in [-0.3, -0.25) is 4.79 Å². The molecule has 2 nitrogen and oxygen atoms in total. The summed E-state index contributed by atoms with van der Waals surface area (Å²) in [7, 11) is 0. The Labute approximate surface area is 247 Å². The maximum absolute atomic E-state index is 12.0. The molecule has 0 unspecified atom stereocenters. The van der Waals surface area contributed by atoms with Gasteiger partial charge in [-0.1, -0.05) is 117 Å². The standard InChI is InChI=1S/C38H58O2/c1-7-8-9-10-11-12-13-14-15-16-17-18-19-20-21-27-37(39)40-32-30-34(3)25-22-24-33(2)28-29-36-35(4)26-23-31-38(36,5)6/h11-12,14-15,17-18,22,24-25,28-30H,7-10,13,16,19-21,23,26-27,31-32H2,1-6H3. The van der Waals surface area contributed by atoms with E-state index in [0.717, 1.165) is 37.7 Å². The summed E-state index contributed by atoms with van der Waals surface area (Å²) in [6.45, 7) is 13.7. The highest BCUT2D eigenvalue weighted by Crippen LogP contribution is 2.40. The van der Waals surface area contributed by atoms with Crippen molar-refractivity contribution in [2.75, 3.05) is 6.61 Å². The first-order valence-corrected chi connectivity index (χ1v) is 15.8. The summed E-state index contributed by atoms with van der Waals surface area (Å²) < 4.78 is 5.38. The van der Waals surface area contributed by atoms with Crippen molar-refractivity contribution in [3.63, 3.8) is 0 Å². The number of allylic oxidation sites excluding steroid dienone is 15. The van der Waals surface area contributed by atoms with Crippen LogP contribution in [0.25, 0.3) is 0 Å². The van der Waals surface area contributed by atoms with Gasteiger partial charge in [0, 0.05) is 6.42 Å². The summed E-state index contributed by atoms with van der Waals surface area (Å²) in [5.41, 5.74) is 5.60. The number of ether oxygens (including phenoxy) is 1. The Hall–Kier alpha value is -2.61. The zero-order valence-corrected chi connectivity index (χ0v) is 26.6. The maximum Gasteiger partial charge on any atom is 0.306 e. The van der Waals surface area contributed by atoms with Crippen LogP contribution < -0.4 is 0 Å². The largest absolute Gasteiger partial charge is 0.461 e. The first kappa shape index (κ1) is 35.4. The van der Waals surface area contributed by atoms with Gasteiger partial charge in [0.05, 0.1) is 0 Å². The molecule has 0 aromatic rings. The number of carbonyl (C=O) groups excluding carboxylic acids is 1. The third-order valence-electron chi connectivity index (χ3n) is 7.44. The van der Waals surface area contributed by atoms with Crippen LogP contribution in [0.3, 0.4) is 0 Å². The topological polar surface area (TPSA) is 26.3 Å². The van der Waals surface area contributed by atoms with E-state index in [1.165, 1.54) is 61.7 Å². The van der Waals surface area contributed by atoms with Gasteiger partial charge in [0.1, 0.15) is 6.61 Å². The van der Waals surface area contributed by atoms with Gasteiger partial charge in [-0.2, -0.15) is 0 Å². The van der Waals surface area contributed by atoms with E-state index >= 15 is 0 Å². The molecule has 0 atom stereocenters. The van der Waals surface area contributed by atoms with E-state index in [-0.39, 0.29) is 11.4 Å². The monoisotopic (exact) mass is 546 g/mol. The van der Waals surface area contributed by atoms with Crippen molar-refractivity contribution in [3.05, 3.63) is 95.2 Å². The molecule has 222 valence electrons. The van der Waals surface area contributed by atoms with Gasteiger partial charge in [0.2, 0.25) is 0 Å². The second kappa shape index (κ2) is 22.1. The lowest BCUT2D eigenvalue weighted by atomic mass is 9.72. The number of carbonyl (C=O) groups is 1. The number of rotatable bonds is 19. The normalized spacial score (nSPS) is 17.1. The summed E-state index contributed by atoms with van der Waals surface area (Å²) in [5.74, 6) is -0.112. The van der Waals surface area contributed by atoms with Gasteiger partial charge in [-0.25, -0.2) is 0 Å². The fraction of sp³-hybridized carbons (Fsp3) is 0.553. The van der Waals surface area contributed by atoms with Crippen LogP contribution in [0.15, 0.2) is 95.2 Å². The van der Waals surface area contributed by atoms with Crippen molar-refractivity contribution in [1.82, 2.24) is 0 Å². The Morgan fingerprint density at radius 2 is 1.52 bits per heavy atom. The summed E-state index contributed by atoms with van der Waals surface area (Å²) in [4.78, 5) is 12.0. The van der Waals surface area contributed by atoms with E-state index in [4.69, 9.17) is 4.74 Å². The van der Waals surface area contributed by atoms with Gasteiger partial charge in [0.15, 0.2) is 0 Å². The van der Waals surface area contributed by atoms with Crippen LogP contribution in [0, 0.1) is 5.41 Å². The second-order valence-corrected chi connectivity index (χ2v) is 11.8. The predicted octanol–water partition coefficient (Wildman–Crippen LogP) is 11.7. The van der Waals surface area contributed by atoms with Crippen molar-refractivity contribution >= 4 is 5.97 Å². The molecule has 1 aliphatic carbocycles. The molecule has 0 saturated carbocycles. The first-order chi connectivity index (χ1) is 19.3. The quantitative estimate of drug-likeness (QED) is 0.0697. The van der Waals surface area contributed by atoms with Gasteiger partial charge < -0.3 is 4.74 Å². The Morgan fingerprint density at radius 1 is 0.875 bits per heavy atom. The molecule has 2 heteroatoms. The van der Waals surface area contributed by atoms with Gasteiger partial charge in [0.25, 0.3) is 0 Å². The minimum atomic E-state index is -0.112. The lowest BCUT2D eigenvalue weighted by Gasteiger charge is -2.32. The summed E-state index contributed by atoms with van der Waals surface area (Å²) in [5, 5.41) is 0. The van der Waals surface area contributed by atoms with E-state index < -0.39 is 0 Å². The lowest BCUT2D eigenvalue weighted by Crippen LogP contribution is -2.19. The number of hydrogen-bond acceptors (Lipinski definition) is 2. The van der Waals surface area contributed by atoms with E-state index in [2.05, 4.69) is 101 Å². The summed E-state index contributed by atoms with van der Waals surface area (Å²) in [6.07, 6.45) is 40.5. The first-order valence-electron chi connectivity index (χ1n) is 15.8. The van der Waals surface area contributed by atoms with Crippen LogP contribution in [-0.4, -0.2) is 12.6 Å². The molecule has 0 bridgehead atoms. The maximum atomic E-state index is 12.0. The third-order valence-corrected chi connectivity index (χ3v) is 7.44. The molecule has 1 rings (SSSR count). The van der Waals surface area contributed by atoms with Crippen LogP contribution >= 0.6 is 0 Å². The highest BCUT2D eigenvalue weighted by Gasteiger charge is 2.26. The van der Waals surface area contributed by atoms with Gasteiger partial charge >= 0.3 is 5.97 Å². The molecule has 0 aromatic heterocycles. The van der Waals surface area contributed by atoms with Crippen molar-refractivity contribution < 1.29 is 9.53 Å². The fourth-order valence-corrected chi connectivity index (χ4v) is 4.86. The molecular formula is C38H58O2. The van der Waals surface area contributed by atoms with Crippen molar-refractivity contribution in [1.29, 1.82) is 0 Å². The average Bonchev–Trinajstić information content (AvgIpc) is 2.90. The van der Waals surface area contributed by atoms with E-state index in [0.29, 0.717) is 13.0 Å². The van der Waals surface area contributed by atoms with Crippen LogP contribution in [0.2, 0.25) is 0 Å². The second-order valence-electron chi connectivity index (χ2n) is 11.8. The molecule has 40 heavy (non-hydrogen) atoms. The molecular weight excluding hydrogens is 488 g/mol. The van der Waals surface area contributed by atoms with Crippen molar-refractivity contribution in [3.8, 4) is 0 Å². The van der Waals surface area contributed by atoms with Crippen molar-refractivity contribution in [2.24, 2.45) is 5.41 Å². The predicted molar refractivity (Wildman–Crippen MR) is 176 cm³/mol. The Morgan fingerprint density at radius 3 is 2.17 bits per heavy atom. The van der Waals surface area contributed by atoms with Crippen LogP contribution in [-0.2, 0) is 9.53 Å². The molecule has 0 heterocycles. The SMILES string of the molecule is CCCCCC=CCC=CCC=CCCCCC(=O)OCC=C(C)C=CC=C(C)C=CC1=C(C)CCCC1(C)C. The van der Waals surface area contributed by atoms with Gasteiger partial charge in [-0.15, -0.1) is 0 Å². The van der Waals surface area contributed by atoms with E-state index in [1.54, 1.807) is 0 Å². The molecule has 0 radical (unpaired) electrons. The average molecular weight is 547 g/mol. The molecule has 0 spiro atoms. The molecule has 0 saturated heterocycles. The minimum Gasteiger partial charge on any atom is -0.461 e. The number of unbranched alkanes of at least 4 members (excludes halogenated alkanes) is 5. The Bertz CT molecular complexity index is 959. The molecule has 1 aliphatic rings. The molecule has 0 aromatic carbocycles. The molecule has 0 N–H and O–H groups in total. The highest BCUT2D eigenvalue weighted by atomic mass is 16.5. The molecule has 0 amide bonds. The number of hydrogen-bond donors (Lipinski definition) is 0. The zero-order valence-electron chi connectivity index (χ0n) is 26.6. The molecule has 0 fully saturated rings. The Kier molecular flexibility index (Phi) is 19.6. The molecule has 0 aliphatic heterocycles. The van der Waals surface area contributed by atoms with Gasteiger partial charge in [-0.05, 0) is 102 Å². The third kappa shape index (κ3) is 17.9. The Balaban J connectivity index is 2.18. The fourth-order valence-electron chi connectivity index (χ4n) is 4.86. The highest BCUT2D eigenvalue weighted by molar-refractivity contribution is 5.69. The summed E-state index contributed by atoms with van der Waals surface area (Å²) in [6, 6.07) is 0. The summed E-state index contributed by atoms with van der Waals surface area (Å²) >= 11 is 0. The lowest BCUT2D eigenvalue weighted by molar-refractivity contribution is -0.142. The smallest absolute Gasteiger partial charge is 0.306 e.